The normalized spacial score (nSPS) is 11.5. The third-order valence-electron chi connectivity index (χ3n) is 5.10. The average Bonchev–Trinajstić information content (AvgIpc) is 3.25. The lowest BCUT2D eigenvalue weighted by atomic mass is 9.99. The van der Waals surface area contributed by atoms with E-state index in [1.54, 1.807) is 31.3 Å². The number of aryl methyl sites for hydroxylation is 2. The molecule has 4 aromatic rings. The summed E-state index contributed by atoms with van der Waals surface area (Å²) in [5, 5.41) is 6.53. The molecule has 10 heteroatoms. The maximum atomic E-state index is 14.8. The Morgan fingerprint density at radius 3 is 2.47 bits per heavy atom. The summed E-state index contributed by atoms with van der Waals surface area (Å²) >= 11 is 0. The zero-order chi connectivity index (χ0) is 24.5. The molecular formula is C24H19F4N5O. The smallest absolute Gasteiger partial charge is 0.319 e. The highest BCUT2D eigenvalue weighted by Gasteiger charge is 2.36. The van der Waals surface area contributed by atoms with Gasteiger partial charge in [0.25, 0.3) is 5.91 Å². The summed E-state index contributed by atoms with van der Waals surface area (Å²) in [6.45, 7) is 1.87. The van der Waals surface area contributed by atoms with Crippen molar-refractivity contribution in [1.82, 2.24) is 19.7 Å². The Labute approximate surface area is 192 Å². The molecule has 0 aliphatic carbocycles. The first-order chi connectivity index (χ1) is 16.2. The van der Waals surface area contributed by atoms with Gasteiger partial charge in [-0.3, -0.25) is 9.48 Å². The molecule has 2 aromatic heterocycles. The van der Waals surface area contributed by atoms with E-state index in [2.05, 4.69) is 20.4 Å². The Kier molecular flexibility index (Phi) is 6.14. The van der Waals surface area contributed by atoms with E-state index in [-0.39, 0.29) is 11.4 Å². The Morgan fingerprint density at radius 1 is 1.12 bits per heavy atom. The highest BCUT2D eigenvalue weighted by molar-refractivity contribution is 6.06. The fourth-order valence-electron chi connectivity index (χ4n) is 3.44. The van der Waals surface area contributed by atoms with Crippen molar-refractivity contribution in [2.45, 2.75) is 19.5 Å². The van der Waals surface area contributed by atoms with Gasteiger partial charge < -0.3 is 5.32 Å². The van der Waals surface area contributed by atoms with E-state index in [1.165, 1.54) is 23.1 Å². The molecule has 0 bridgehead atoms. The van der Waals surface area contributed by atoms with E-state index in [9.17, 15) is 22.4 Å². The van der Waals surface area contributed by atoms with Crippen molar-refractivity contribution >= 4 is 11.6 Å². The zero-order valence-electron chi connectivity index (χ0n) is 18.2. The number of alkyl halides is 3. The number of hydrogen-bond acceptors (Lipinski definition) is 4. The number of carbonyl (C=O) groups is 1. The van der Waals surface area contributed by atoms with Crippen LogP contribution in [0.15, 0.2) is 60.9 Å². The van der Waals surface area contributed by atoms with Gasteiger partial charge in [-0.15, -0.1) is 0 Å². The van der Waals surface area contributed by atoms with Crippen molar-refractivity contribution in [3.63, 3.8) is 0 Å². The quantitative estimate of drug-likeness (QED) is 0.391. The standard InChI is InChI=1S/C24H19F4N5O/c1-3-21-29-13-20(22(31-21)14-7-5-4-6-8-14)30-23(34)16-11-15(19-9-10-33(2)32-19)17(12-18(16)25)24(26,27)28/h4-13H,3H2,1-2H3,(H,30,34). The number of amides is 1. The number of rotatable bonds is 5. The Morgan fingerprint density at radius 2 is 1.85 bits per heavy atom. The van der Waals surface area contributed by atoms with Gasteiger partial charge in [0.15, 0.2) is 0 Å². The summed E-state index contributed by atoms with van der Waals surface area (Å²) in [5.41, 5.74) is -0.916. The van der Waals surface area contributed by atoms with Crippen molar-refractivity contribution in [2.24, 2.45) is 7.05 Å². The topological polar surface area (TPSA) is 72.7 Å². The molecular weight excluding hydrogens is 450 g/mol. The van der Waals surface area contributed by atoms with E-state index in [4.69, 9.17) is 0 Å². The second kappa shape index (κ2) is 9.05. The van der Waals surface area contributed by atoms with Crippen LogP contribution < -0.4 is 5.32 Å². The summed E-state index contributed by atoms with van der Waals surface area (Å²) in [5.74, 6) is -1.71. The largest absolute Gasteiger partial charge is 0.417 e. The lowest BCUT2D eigenvalue weighted by Crippen LogP contribution is -2.17. The molecule has 0 aliphatic heterocycles. The number of nitrogens with zero attached hydrogens (tertiary/aromatic N) is 4. The van der Waals surface area contributed by atoms with Gasteiger partial charge in [-0.1, -0.05) is 37.3 Å². The van der Waals surface area contributed by atoms with E-state index < -0.39 is 34.6 Å². The van der Waals surface area contributed by atoms with E-state index in [1.807, 2.05) is 13.0 Å². The van der Waals surface area contributed by atoms with Gasteiger partial charge in [0.2, 0.25) is 0 Å². The molecule has 0 spiro atoms. The SMILES string of the molecule is CCc1ncc(NC(=O)c2cc(-c3ccn(C)n3)c(C(F)(F)F)cc2F)c(-c2ccccc2)n1. The van der Waals surface area contributed by atoms with Gasteiger partial charge in [0.1, 0.15) is 11.6 Å². The zero-order valence-corrected chi connectivity index (χ0v) is 18.2. The number of anilines is 1. The molecule has 0 saturated carbocycles. The highest BCUT2D eigenvalue weighted by Crippen LogP contribution is 2.38. The van der Waals surface area contributed by atoms with Crippen LogP contribution in [0.25, 0.3) is 22.5 Å². The van der Waals surface area contributed by atoms with Gasteiger partial charge in [-0.05, 0) is 18.2 Å². The van der Waals surface area contributed by atoms with Crippen LogP contribution in [0.2, 0.25) is 0 Å². The van der Waals surface area contributed by atoms with Gasteiger partial charge in [-0.2, -0.15) is 18.3 Å². The molecule has 0 saturated heterocycles. The first-order valence-corrected chi connectivity index (χ1v) is 10.3. The summed E-state index contributed by atoms with van der Waals surface area (Å²) in [6, 6.07) is 11.5. The molecule has 4 rings (SSSR count). The molecule has 34 heavy (non-hydrogen) atoms. The molecule has 0 radical (unpaired) electrons. The lowest BCUT2D eigenvalue weighted by Gasteiger charge is -2.15. The minimum absolute atomic E-state index is 0.0375. The third kappa shape index (κ3) is 4.66. The number of aromatic nitrogens is 4. The molecule has 6 nitrogen and oxygen atoms in total. The van der Waals surface area contributed by atoms with Crippen LogP contribution in [0.4, 0.5) is 23.2 Å². The number of nitrogens with one attached hydrogen (secondary N) is 1. The number of hydrogen-bond donors (Lipinski definition) is 1. The average molecular weight is 469 g/mol. The van der Waals surface area contributed by atoms with Crippen LogP contribution in [-0.2, 0) is 19.6 Å². The summed E-state index contributed by atoms with van der Waals surface area (Å²) in [4.78, 5) is 21.7. The molecule has 0 unspecified atom stereocenters. The van der Waals surface area contributed by atoms with Crippen LogP contribution in [-0.4, -0.2) is 25.7 Å². The van der Waals surface area contributed by atoms with Crippen LogP contribution in [0.5, 0.6) is 0 Å². The third-order valence-corrected chi connectivity index (χ3v) is 5.10. The van der Waals surface area contributed by atoms with Crippen molar-refractivity contribution < 1.29 is 22.4 Å². The number of benzene rings is 2. The first kappa shape index (κ1) is 23.1. The fraction of sp³-hybridized carbons (Fsp3) is 0.167. The van der Waals surface area contributed by atoms with Gasteiger partial charge >= 0.3 is 6.18 Å². The minimum atomic E-state index is -4.84. The monoisotopic (exact) mass is 469 g/mol. The summed E-state index contributed by atoms with van der Waals surface area (Å²) in [6.07, 6.45) is -1.44. The molecule has 0 fully saturated rings. The van der Waals surface area contributed by atoms with E-state index >= 15 is 0 Å². The van der Waals surface area contributed by atoms with Gasteiger partial charge in [0, 0.05) is 30.8 Å². The maximum absolute atomic E-state index is 14.8. The Balaban J connectivity index is 1.78. The maximum Gasteiger partial charge on any atom is 0.417 e. The van der Waals surface area contributed by atoms with Crippen LogP contribution in [0, 0.1) is 5.82 Å². The van der Waals surface area contributed by atoms with Crippen LogP contribution in [0.3, 0.4) is 0 Å². The van der Waals surface area contributed by atoms with E-state index in [0.29, 0.717) is 29.6 Å². The summed E-state index contributed by atoms with van der Waals surface area (Å²) < 4.78 is 56.9. The molecule has 0 aliphatic rings. The first-order valence-electron chi connectivity index (χ1n) is 10.3. The number of carbonyl (C=O) groups excluding carboxylic acids is 1. The Bertz CT molecular complexity index is 1350. The fourth-order valence-corrected chi connectivity index (χ4v) is 3.44. The molecule has 1 N–H and O–H groups in total. The van der Waals surface area contributed by atoms with E-state index in [0.717, 1.165) is 6.07 Å². The van der Waals surface area contributed by atoms with Crippen molar-refractivity contribution in [3.8, 4) is 22.5 Å². The predicted molar refractivity (Wildman–Crippen MR) is 118 cm³/mol. The molecule has 1 amide bonds. The molecule has 2 aromatic carbocycles. The van der Waals surface area contributed by atoms with Crippen molar-refractivity contribution in [1.29, 1.82) is 0 Å². The van der Waals surface area contributed by atoms with Crippen molar-refractivity contribution in [2.75, 3.05) is 5.32 Å². The molecule has 2 heterocycles. The molecule has 174 valence electrons. The van der Waals surface area contributed by atoms with Crippen molar-refractivity contribution in [3.05, 3.63) is 83.7 Å². The van der Waals surface area contributed by atoms with Gasteiger partial charge in [-0.25, -0.2) is 14.4 Å². The minimum Gasteiger partial charge on any atom is -0.319 e. The van der Waals surface area contributed by atoms with Crippen LogP contribution in [0.1, 0.15) is 28.7 Å². The predicted octanol–water partition coefficient (Wildman–Crippen LogP) is 5.52. The number of halogens is 4. The summed E-state index contributed by atoms with van der Waals surface area (Å²) in [7, 11) is 1.54. The lowest BCUT2D eigenvalue weighted by molar-refractivity contribution is -0.137. The van der Waals surface area contributed by atoms with Crippen LogP contribution >= 0.6 is 0 Å². The second-order valence-corrected chi connectivity index (χ2v) is 7.47. The highest BCUT2D eigenvalue weighted by atomic mass is 19.4. The second-order valence-electron chi connectivity index (χ2n) is 7.47. The molecule has 0 atom stereocenters. The van der Waals surface area contributed by atoms with Gasteiger partial charge in [0.05, 0.1) is 34.4 Å². The Hall–Kier alpha value is -4.08.